The van der Waals surface area contributed by atoms with E-state index >= 15 is 0 Å². The normalized spacial score (nSPS) is 11.2. The van der Waals surface area contributed by atoms with Gasteiger partial charge in [0.05, 0.1) is 19.1 Å². The second kappa shape index (κ2) is 11.7. The molecule has 0 spiro atoms. The smallest absolute Gasteiger partial charge is 0.416 e. The number of carbonyl (C=O) groups is 2. The fourth-order valence-electron chi connectivity index (χ4n) is 3.61. The number of alkyl halides is 3. The van der Waals surface area contributed by atoms with Crippen molar-refractivity contribution in [2.45, 2.75) is 32.7 Å². The van der Waals surface area contributed by atoms with Crippen molar-refractivity contribution in [2.24, 2.45) is 0 Å². The topological polar surface area (TPSA) is 55.8 Å². The van der Waals surface area contributed by atoms with Crippen LogP contribution in [0, 0.1) is 5.82 Å². The lowest BCUT2D eigenvalue weighted by Crippen LogP contribution is -2.31. The summed E-state index contributed by atoms with van der Waals surface area (Å²) in [7, 11) is 1.17. The van der Waals surface area contributed by atoms with Crippen LogP contribution < -0.4 is 0 Å². The van der Waals surface area contributed by atoms with E-state index in [-0.39, 0.29) is 37.2 Å². The Kier molecular flexibility index (Phi) is 8.68. The highest BCUT2D eigenvalue weighted by molar-refractivity contribution is 5.75. The van der Waals surface area contributed by atoms with E-state index in [1.165, 1.54) is 30.2 Å². The zero-order valence-corrected chi connectivity index (χ0v) is 19.8. The van der Waals surface area contributed by atoms with Gasteiger partial charge in [-0.15, -0.1) is 0 Å². The van der Waals surface area contributed by atoms with Crippen LogP contribution >= 0.6 is 0 Å². The van der Waals surface area contributed by atoms with Crippen LogP contribution in [0.4, 0.5) is 22.4 Å². The quantitative estimate of drug-likeness (QED) is 0.264. The van der Waals surface area contributed by atoms with Crippen LogP contribution in [0.25, 0.3) is 11.1 Å². The molecule has 0 N–H and O–H groups in total. The fraction of sp³-hybridized carbons (Fsp3) is 0.259. The van der Waals surface area contributed by atoms with Crippen molar-refractivity contribution >= 4 is 12.1 Å². The van der Waals surface area contributed by atoms with E-state index in [9.17, 15) is 27.2 Å². The van der Waals surface area contributed by atoms with Gasteiger partial charge in [-0.05, 0) is 59.0 Å². The van der Waals surface area contributed by atoms with Crippen LogP contribution in [0.1, 0.15) is 29.2 Å². The van der Waals surface area contributed by atoms with Crippen LogP contribution in [0.2, 0.25) is 0 Å². The Balaban J connectivity index is 1.94. The third kappa shape index (κ3) is 6.84. The highest BCUT2D eigenvalue weighted by atomic mass is 19.4. The third-order valence-electron chi connectivity index (χ3n) is 5.56. The predicted octanol–water partition coefficient (Wildman–Crippen LogP) is 6.39. The maximum absolute atomic E-state index is 14.3. The molecule has 9 heteroatoms. The molecule has 0 aliphatic carbocycles. The van der Waals surface area contributed by atoms with Gasteiger partial charge in [-0.3, -0.25) is 4.79 Å². The first-order valence-corrected chi connectivity index (χ1v) is 11.1. The molecule has 3 aromatic carbocycles. The van der Waals surface area contributed by atoms with Crippen LogP contribution in [-0.4, -0.2) is 30.6 Å². The summed E-state index contributed by atoms with van der Waals surface area (Å²) >= 11 is 0. The number of methoxy groups -OCH3 is 1. The molecule has 1 amide bonds. The maximum atomic E-state index is 14.3. The largest absolute Gasteiger partial charge is 0.469 e. The van der Waals surface area contributed by atoms with Gasteiger partial charge in [0.25, 0.3) is 0 Å². The van der Waals surface area contributed by atoms with Gasteiger partial charge in [0, 0.05) is 13.1 Å². The van der Waals surface area contributed by atoms with Crippen LogP contribution in [0.3, 0.4) is 0 Å². The first-order chi connectivity index (χ1) is 17.1. The molecule has 0 bridgehead atoms. The van der Waals surface area contributed by atoms with Crippen molar-refractivity contribution in [3.8, 4) is 11.1 Å². The molecule has 0 radical (unpaired) electrons. The first-order valence-electron chi connectivity index (χ1n) is 11.1. The van der Waals surface area contributed by atoms with E-state index in [4.69, 9.17) is 4.74 Å². The van der Waals surface area contributed by atoms with Gasteiger partial charge >= 0.3 is 18.2 Å². The Morgan fingerprint density at radius 3 is 2.31 bits per heavy atom. The van der Waals surface area contributed by atoms with Gasteiger partial charge in [-0.25, -0.2) is 9.18 Å². The molecule has 36 heavy (non-hydrogen) atoms. The first kappa shape index (κ1) is 26.7. The molecule has 0 fully saturated rings. The molecule has 0 saturated carbocycles. The minimum absolute atomic E-state index is 0.0144. The number of rotatable bonds is 8. The summed E-state index contributed by atoms with van der Waals surface area (Å²) in [6.45, 7) is 1.71. The number of hydrogen-bond donors (Lipinski definition) is 0. The number of esters is 1. The number of halogens is 4. The highest BCUT2D eigenvalue weighted by Gasteiger charge is 2.31. The lowest BCUT2D eigenvalue weighted by Gasteiger charge is -2.23. The average molecular weight is 503 g/mol. The monoisotopic (exact) mass is 503 g/mol. The van der Waals surface area contributed by atoms with Crippen molar-refractivity contribution in [2.75, 3.05) is 13.7 Å². The Bertz CT molecular complexity index is 1210. The minimum atomic E-state index is -4.60. The van der Waals surface area contributed by atoms with E-state index in [0.29, 0.717) is 11.1 Å². The van der Waals surface area contributed by atoms with E-state index < -0.39 is 29.6 Å². The van der Waals surface area contributed by atoms with Crippen molar-refractivity contribution in [3.63, 3.8) is 0 Å². The van der Waals surface area contributed by atoms with Gasteiger partial charge < -0.3 is 14.4 Å². The Hall–Kier alpha value is -3.88. The van der Waals surface area contributed by atoms with Gasteiger partial charge in [0.15, 0.2) is 0 Å². The van der Waals surface area contributed by atoms with Crippen LogP contribution in [0.5, 0.6) is 0 Å². The van der Waals surface area contributed by atoms with Gasteiger partial charge in [-0.2, -0.15) is 13.2 Å². The molecule has 0 heterocycles. The average Bonchev–Trinajstić information content (AvgIpc) is 2.87. The molecule has 0 unspecified atom stereocenters. The highest BCUT2D eigenvalue weighted by Crippen LogP contribution is 2.34. The van der Waals surface area contributed by atoms with E-state index in [1.807, 2.05) is 6.07 Å². The van der Waals surface area contributed by atoms with Gasteiger partial charge in [0.1, 0.15) is 12.4 Å². The van der Waals surface area contributed by atoms with Crippen LogP contribution in [0.15, 0.2) is 66.7 Å². The van der Waals surface area contributed by atoms with Crippen molar-refractivity contribution in [1.29, 1.82) is 0 Å². The molecule has 0 aliphatic heterocycles. The molecule has 190 valence electrons. The number of hydrogen-bond acceptors (Lipinski definition) is 4. The molecule has 3 aromatic rings. The van der Waals surface area contributed by atoms with Gasteiger partial charge in [-0.1, -0.05) is 42.5 Å². The number of benzene rings is 3. The fourth-order valence-corrected chi connectivity index (χ4v) is 3.61. The summed E-state index contributed by atoms with van der Waals surface area (Å²) < 4.78 is 64.7. The van der Waals surface area contributed by atoms with E-state index in [2.05, 4.69) is 4.74 Å². The molecule has 0 saturated heterocycles. The number of nitrogens with zero attached hydrogens (tertiary/aromatic N) is 1. The molecule has 3 rings (SSSR count). The lowest BCUT2D eigenvalue weighted by atomic mass is 9.95. The Labute approximate surface area is 206 Å². The molecule has 0 atom stereocenters. The summed E-state index contributed by atoms with van der Waals surface area (Å²) in [6, 6.07) is 16.1. The lowest BCUT2D eigenvalue weighted by molar-refractivity contribution is -0.140. The minimum Gasteiger partial charge on any atom is -0.469 e. The molecular weight excluding hydrogens is 478 g/mol. The van der Waals surface area contributed by atoms with Crippen molar-refractivity contribution < 1.29 is 36.6 Å². The molecule has 0 aromatic heterocycles. The Morgan fingerprint density at radius 2 is 1.67 bits per heavy atom. The predicted molar refractivity (Wildman–Crippen MR) is 125 cm³/mol. The standard InChI is InChI=1S/C27H25F4NO4/c1-3-32(26(34)36-17-18-7-5-4-6-8-18)16-21-14-22(27(29,30)31)10-11-23(21)19-9-12-24(28)20(13-19)15-25(33)35-2/h4-14H,3,15-17H2,1-2H3. The zero-order chi connectivity index (χ0) is 26.3. The SMILES string of the molecule is CCN(Cc1cc(C(F)(F)F)ccc1-c1ccc(F)c(CC(=O)OC)c1)C(=O)OCc1ccccc1. The van der Waals surface area contributed by atoms with Crippen molar-refractivity contribution in [3.05, 3.63) is 94.8 Å². The maximum Gasteiger partial charge on any atom is 0.416 e. The second-order valence-electron chi connectivity index (χ2n) is 7.98. The summed E-state index contributed by atoms with van der Waals surface area (Å²) in [5.41, 5.74) is 0.882. The molecular formula is C27H25F4NO4. The number of amides is 1. The summed E-state index contributed by atoms with van der Waals surface area (Å²) in [6.07, 6.45) is -5.62. The molecule has 5 nitrogen and oxygen atoms in total. The third-order valence-corrected chi connectivity index (χ3v) is 5.56. The molecule has 0 aliphatic rings. The second-order valence-corrected chi connectivity index (χ2v) is 7.98. The summed E-state index contributed by atoms with van der Waals surface area (Å²) in [5, 5.41) is 0. The van der Waals surface area contributed by atoms with Crippen LogP contribution in [-0.2, 0) is 40.0 Å². The van der Waals surface area contributed by atoms with Gasteiger partial charge in [0.2, 0.25) is 0 Å². The summed E-state index contributed by atoms with van der Waals surface area (Å²) in [5.74, 6) is -1.30. The summed E-state index contributed by atoms with van der Waals surface area (Å²) in [4.78, 5) is 25.6. The van der Waals surface area contributed by atoms with E-state index in [1.54, 1.807) is 31.2 Å². The Morgan fingerprint density at radius 1 is 0.944 bits per heavy atom. The van der Waals surface area contributed by atoms with E-state index in [0.717, 1.165) is 23.8 Å². The van der Waals surface area contributed by atoms with Crippen molar-refractivity contribution in [1.82, 2.24) is 4.90 Å². The number of carbonyl (C=O) groups excluding carboxylic acids is 2. The number of ether oxygens (including phenoxy) is 2. The zero-order valence-electron chi connectivity index (χ0n) is 19.8.